The van der Waals surface area contributed by atoms with Crippen molar-refractivity contribution in [3.8, 4) is 0 Å². The van der Waals surface area contributed by atoms with E-state index < -0.39 is 0 Å². The number of para-hydroxylation sites is 1. The zero-order valence-electron chi connectivity index (χ0n) is 12.4. The summed E-state index contributed by atoms with van der Waals surface area (Å²) in [6, 6.07) is 16.5. The van der Waals surface area contributed by atoms with Gasteiger partial charge in [-0.3, -0.25) is 5.01 Å². The predicted octanol–water partition coefficient (Wildman–Crippen LogP) is 4.56. The Bertz CT molecular complexity index is 766. The topological polar surface area (TPSA) is 29.3 Å². The number of allylic oxidation sites excluding steroid dienone is 3. The molecule has 0 spiro atoms. The Morgan fingerprint density at radius 2 is 1.86 bits per heavy atom. The van der Waals surface area contributed by atoms with Gasteiger partial charge in [-0.25, -0.2) is 5.84 Å². The summed E-state index contributed by atoms with van der Waals surface area (Å²) in [6.07, 6.45) is 8.89. The number of hydrazine groups is 1. The van der Waals surface area contributed by atoms with Crippen LogP contribution < -0.4 is 10.9 Å². The minimum absolute atomic E-state index is 0.0578. The highest BCUT2D eigenvalue weighted by Crippen LogP contribution is 2.55. The van der Waals surface area contributed by atoms with Crippen LogP contribution >= 0.6 is 11.8 Å². The van der Waals surface area contributed by atoms with Gasteiger partial charge < -0.3 is 0 Å². The largest absolute Gasteiger partial charge is 0.279 e. The van der Waals surface area contributed by atoms with Crippen molar-refractivity contribution in [2.75, 3.05) is 5.01 Å². The Kier molecular flexibility index (Phi) is 3.13. The molecule has 110 valence electrons. The molecule has 1 heterocycles. The molecule has 0 amide bonds. The minimum atomic E-state index is 0.0578. The number of benzene rings is 2. The average Bonchev–Trinajstić information content (AvgIpc) is 2.87. The maximum absolute atomic E-state index is 6.41. The molecule has 0 fully saturated rings. The van der Waals surface area contributed by atoms with Crippen LogP contribution in [-0.4, -0.2) is 5.25 Å². The number of thioether (sulfide) groups is 1. The lowest BCUT2D eigenvalue weighted by molar-refractivity contribution is 0.620. The molecule has 2 nitrogen and oxygen atoms in total. The second-order valence-corrected chi connectivity index (χ2v) is 7.08. The molecule has 0 aromatic heterocycles. The van der Waals surface area contributed by atoms with Crippen LogP contribution in [0.4, 0.5) is 11.4 Å². The summed E-state index contributed by atoms with van der Waals surface area (Å²) in [5.74, 6) is 6.41. The average molecular weight is 306 g/mol. The molecule has 22 heavy (non-hydrogen) atoms. The van der Waals surface area contributed by atoms with Gasteiger partial charge in [-0.15, -0.1) is 11.8 Å². The first-order valence-corrected chi connectivity index (χ1v) is 8.34. The lowest BCUT2D eigenvalue weighted by atomic mass is 9.77. The summed E-state index contributed by atoms with van der Waals surface area (Å²) >= 11 is 1.91. The third-order valence-corrected chi connectivity index (χ3v) is 6.11. The molecule has 2 unspecified atom stereocenters. The fourth-order valence-corrected chi connectivity index (χ4v) is 4.81. The number of hydrogen-bond donors (Lipinski definition) is 1. The van der Waals surface area contributed by atoms with E-state index in [1.54, 1.807) is 5.01 Å². The summed E-state index contributed by atoms with van der Waals surface area (Å²) in [7, 11) is 0. The number of nitrogens with two attached hydrogens (primary N) is 1. The lowest BCUT2D eigenvalue weighted by Gasteiger charge is -2.28. The summed E-state index contributed by atoms with van der Waals surface area (Å²) in [4.78, 5) is 1.29. The van der Waals surface area contributed by atoms with Gasteiger partial charge in [0, 0.05) is 15.6 Å². The second kappa shape index (κ2) is 5.04. The van der Waals surface area contributed by atoms with E-state index in [-0.39, 0.29) is 5.41 Å². The number of rotatable bonds is 2. The van der Waals surface area contributed by atoms with Crippen LogP contribution in [0.2, 0.25) is 0 Å². The van der Waals surface area contributed by atoms with Crippen molar-refractivity contribution in [3.05, 3.63) is 78.4 Å². The van der Waals surface area contributed by atoms with Crippen LogP contribution in [0.1, 0.15) is 12.5 Å². The van der Waals surface area contributed by atoms with Crippen LogP contribution in [0, 0.1) is 0 Å². The number of hydrogen-bond acceptors (Lipinski definition) is 3. The molecule has 0 bridgehead atoms. The summed E-state index contributed by atoms with van der Waals surface area (Å²) < 4.78 is 0. The van der Waals surface area contributed by atoms with Crippen molar-refractivity contribution in [1.82, 2.24) is 0 Å². The van der Waals surface area contributed by atoms with E-state index in [9.17, 15) is 0 Å². The van der Waals surface area contributed by atoms with Crippen molar-refractivity contribution >= 4 is 23.1 Å². The SMILES string of the molecule is CC12C=CC=CC1Sc1c(N(N)c3ccccc3)cccc12. The smallest absolute Gasteiger partial charge is 0.0714 e. The molecule has 2 aromatic carbocycles. The van der Waals surface area contributed by atoms with Gasteiger partial charge in [-0.05, 0) is 23.8 Å². The maximum atomic E-state index is 6.41. The van der Waals surface area contributed by atoms with Gasteiger partial charge >= 0.3 is 0 Å². The fourth-order valence-electron chi connectivity index (χ4n) is 3.24. The highest BCUT2D eigenvalue weighted by Gasteiger charge is 2.43. The van der Waals surface area contributed by atoms with Crippen LogP contribution in [0.15, 0.2) is 77.7 Å². The molecule has 2 aliphatic rings. The molecule has 4 rings (SSSR count). The fraction of sp³-hybridized carbons (Fsp3) is 0.158. The van der Waals surface area contributed by atoms with Crippen molar-refractivity contribution in [2.45, 2.75) is 22.5 Å². The Morgan fingerprint density at radius 1 is 1.05 bits per heavy atom. The zero-order chi connectivity index (χ0) is 15.2. The number of fused-ring (bicyclic) bond motifs is 3. The van der Waals surface area contributed by atoms with Crippen molar-refractivity contribution in [2.24, 2.45) is 5.84 Å². The highest BCUT2D eigenvalue weighted by molar-refractivity contribution is 8.00. The second-order valence-electron chi connectivity index (χ2n) is 5.92. The first kappa shape index (κ1) is 13.7. The molecule has 3 heteroatoms. The molecule has 1 aliphatic carbocycles. The summed E-state index contributed by atoms with van der Waals surface area (Å²) in [5.41, 5.74) is 3.50. The molecular formula is C19H18N2S. The highest BCUT2D eigenvalue weighted by atomic mass is 32.2. The Labute approximate surface area is 135 Å². The molecule has 2 aromatic rings. The number of nitrogens with zero attached hydrogens (tertiary/aromatic N) is 1. The Morgan fingerprint density at radius 3 is 2.68 bits per heavy atom. The van der Waals surface area contributed by atoms with E-state index in [0.717, 1.165) is 11.4 Å². The first-order valence-electron chi connectivity index (χ1n) is 7.46. The molecule has 2 N–H and O–H groups in total. The molecule has 1 aliphatic heterocycles. The quantitative estimate of drug-likeness (QED) is 0.651. The Balaban J connectivity index is 1.82. The van der Waals surface area contributed by atoms with Crippen LogP contribution in [0.5, 0.6) is 0 Å². The van der Waals surface area contributed by atoms with Crippen LogP contribution in [-0.2, 0) is 5.41 Å². The summed E-state index contributed by atoms with van der Waals surface area (Å²) in [6.45, 7) is 2.31. The Hall–Kier alpha value is -1.97. The maximum Gasteiger partial charge on any atom is 0.0714 e. The van der Waals surface area contributed by atoms with Crippen LogP contribution in [0.3, 0.4) is 0 Å². The minimum Gasteiger partial charge on any atom is -0.279 e. The van der Waals surface area contributed by atoms with Gasteiger partial charge in [0.15, 0.2) is 0 Å². The van der Waals surface area contributed by atoms with Crippen molar-refractivity contribution < 1.29 is 0 Å². The van der Waals surface area contributed by atoms with Gasteiger partial charge in [-0.1, -0.05) is 61.6 Å². The summed E-state index contributed by atoms with van der Waals surface area (Å²) in [5, 5.41) is 2.23. The van der Waals surface area contributed by atoms with E-state index in [4.69, 9.17) is 5.84 Å². The zero-order valence-corrected chi connectivity index (χ0v) is 13.3. The van der Waals surface area contributed by atoms with Gasteiger partial charge in [0.05, 0.1) is 11.4 Å². The van der Waals surface area contributed by atoms with Gasteiger partial charge in [-0.2, -0.15) is 0 Å². The van der Waals surface area contributed by atoms with Gasteiger partial charge in [0.2, 0.25) is 0 Å². The van der Waals surface area contributed by atoms with Crippen LogP contribution in [0.25, 0.3) is 0 Å². The molecule has 0 radical (unpaired) electrons. The molecular weight excluding hydrogens is 288 g/mol. The first-order chi connectivity index (χ1) is 10.7. The third-order valence-electron chi connectivity index (χ3n) is 4.54. The molecule has 0 saturated heterocycles. The lowest BCUT2D eigenvalue weighted by Crippen LogP contribution is -2.28. The standard InChI is InChI=1S/C19H18N2S/c1-19-13-6-5-12-17(19)22-18-15(19)10-7-11-16(18)21(20)14-8-3-2-4-9-14/h2-13,17H,20H2,1H3. The number of anilines is 2. The van der Waals surface area contributed by atoms with E-state index in [2.05, 4.69) is 49.4 Å². The monoisotopic (exact) mass is 306 g/mol. The van der Waals surface area contributed by atoms with Crippen molar-refractivity contribution in [1.29, 1.82) is 0 Å². The molecule has 0 saturated carbocycles. The van der Waals surface area contributed by atoms with E-state index in [1.165, 1.54) is 10.5 Å². The van der Waals surface area contributed by atoms with Crippen molar-refractivity contribution in [3.63, 3.8) is 0 Å². The van der Waals surface area contributed by atoms with E-state index in [0.29, 0.717) is 5.25 Å². The molecule has 2 atom stereocenters. The normalized spacial score (nSPS) is 24.9. The van der Waals surface area contributed by atoms with Gasteiger partial charge in [0.25, 0.3) is 0 Å². The third kappa shape index (κ3) is 1.93. The van der Waals surface area contributed by atoms with E-state index in [1.807, 2.05) is 42.1 Å². The predicted molar refractivity (Wildman–Crippen MR) is 94.5 cm³/mol. The van der Waals surface area contributed by atoms with E-state index >= 15 is 0 Å². The van der Waals surface area contributed by atoms with Gasteiger partial charge in [0.1, 0.15) is 0 Å².